The fraction of sp³-hybridized carbons (Fsp3) is 0.148. The summed E-state index contributed by atoms with van der Waals surface area (Å²) in [5.74, 6) is 0.0282. The third-order valence-corrected chi connectivity index (χ3v) is 6.48. The predicted molar refractivity (Wildman–Crippen MR) is 131 cm³/mol. The minimum Gasteiger partial charge on any atom is -0.339 e. The zero-order chi connectivity index (χ0) is 23.2. The first-order chi connectivity index (χ1) is 16.6. The van der Waals surface area contributed by atoms with Crippen molar-refractivity contribution in [1.82, 2.24) is 29.6 Å². The number of amides is 1. The van der Waals surface area contributed by atoms with Gasteiger partial charge in [0.1, 0.15) is 11.3 Å². The van der Waals surface area contributed by atoms with Crippen molar-refractivity contribution in [3.8, 4) is 33.5 Å². The van der Waals surface area contributed by atoms with Crippen LogP contribution < -0.4 is 0 Å². The number of benzene rings is 1. The molecule has 34 heavy (non-hydrogen) atoms. The monoisotopic (exact) mass is 446 g/mol. The molecule has 0 N–H and O–H groups in total. The fourth-order valence-corrected chi connectivity index (χ4v) is 4.60. The molecule has 6 rings (SSSR count). The quantitative estimate of drug-likeness (QED) is 0.404. The molecule has 0 saturated carbocycles. The van der Waals surface area contributed by atoms with Gasteiger partial charge in [-0.15, -0.1) is 0 Å². The van der Waals surface area contributed by atoms with Crippen molar-refractivity contribution in [3.63, 3.8) is 0 Å². The van der Waals surface area contributed by atoms with E-state index in [4.69, 9.17) is 0 Å². The Balaban J connectivity index is 1.40. The summed E-state index contributed by atoms with van der Waals surface area (Å²) in [5, 5.41) is 9.26. The second-order valence-electron chi connectivity index (χ2n) is 8.61. The number of likely N-dealkylation sites (N-methyl/N-ethyl adjacent to an activating group) is 1. The zero-order valence-electron chi connectivity index (χ0n) is 18.9. The Morgan fingerprint density at radius 3 is 2.47 bits per heavy atom. The number of nitrogens with zero attached hydrogens (tertiary/aromatic N) is 6. The number of fused-ring (bicyclic) bond motifs is 3. The first-order valence-electron chi connectivity index (χ1n) is 11.2. The molecule has 0 radical (unpaired) electrons. The molecule has 1 amide bonds. The summed E-state index contributed by atoms with van der Waals surface area (Å²) < 4.78 is 2.02. The molecule has 7 nitrogen and oxygen atoms in total. The molecule has 5 aromatic rings. The summed E-state index contributed by atoms with van der Waals surface area (Å²) >= 11 is 0. The van der Waals surface area contributed by atoms with Crippen LogP contribution in [0.2, 0.25) is 0 Å². The third-order valence-electron chi connectivity index (χ3n) is 6.48. The number of carbonyl (C=O) groups is 1. The lowest BCUT2D eigenvalue weighted by Gasteiger charge is -2.24. The Morgan fingerprint density at radius 1 is 0.853 bits per heavy atom. The number of rotatable bonds is 3. The van der Waals surface area contributed by atoms with E-state index in [0.717, 1.165) is 56.7 Å². The minimum atomic E-state index is 0.0282. The van der Waals surface area contributed by atoms with Crippen LogP contribution in [0.15, 0.2) is 73.3 Å². The lowest BCUT2D eigenvalue weighted by molar-refractivity contribution is 0.0751. The molecule has 7 heteroatoms. The van der Waals surface area contributed by atoms with E-state index in [2.05, 4.69) is 50.5 Å². The van der Waals surface area contributed by atoms with Crippen LogP contribution in [0.1, 0.15) is 16.1 Å². The van der Waals surface area contributed by atoms with Gasteiger partial charge < -0.3 is 9.47 Å². The number of aromatic nitrogens is 5. The molecule has 0 spiro atoms. The van der Waals surface area contributed by atoms with Gasteiger partial charge in [-0.1, -0.05) is 24.3 Å². The van der Waals surface area contributed by atoms with Crippen LogP contribution in [-0.2, 0) is 6.54 Å². The molecule has 0 unspecified atom stereocenters. The van der Waals surface area contributed by atoms with Crippen molar-refractivity contribution in [2.24, 2.45) is 0 Å². The predicted octanol–water partition coefficient (Wildman–Crippen LogP) is 4.62. The van der Waals surface area contributed by atoms with Crippen LogP contribution in [-0.4, -0.2) is 49.1 Å². The van der Waals surface area contributed by atoms with Crippen LogP contribution in [0.5, 0.6) is 0 Å². The van der Waals surface area contributed by atoms with Crippen LogP contribution in [0, 0.1) is 6.92 Å². The van der Waals surface area contributed by atoms with Crippen molar-refractivity contribution in [1.29, 1.82) is 0 Å². The van der Waals surface area contributed by atoms with Crippen molar-refractivity contribution in [3.05, 3.63) is 84.6 Å². The topological polar surface area (TPSA) is 76.8 Å². The summed E-state index contributed by atoms with van der Waals surface area (Å²) in [5.41, 5.74) is 8.62. The number of hydrogen-bond acceptors (Lipinski definition) is 5. The van der Waals surface area contributed by atoms with E-state index in [-0.39, 0.29) is 5.91 Å². The van der Waals surface area contributed by atoms with Gasteiger partial charge in [0.2, 0.25) is 0 Å². The van der Waals surface area contributed by atoms with E-state index in [1.807, 2.05) is 49.1 Å². The van der Waals surface area contributed by atoms with Gasteiger partial charge in [0, 0.05) is 67.0 Å². The number of aryl methyl sites for hydroxylation is 1. The van der Waals surface area contributed by atoms with Gasteiger partial charge in [0.25, 0.3) is 5.91 Å². The van der Waals surface area contributed by atoms with E-state index < -0.39 is 0 Å². The van der Waals surface area contributed by atoms with Gasteiger partial charge in [-0.25, -0.2) is 4.98 Å². The molecule has 0 atom stereocenters. The van der Waals surface area contributed by atoms with E-state index in [1.54, 1.807) is 17.3 Å². The Bertz CT molecular complexity index is 1550. The third kappa shape index (κ3) is 3.25. The van der Waals surface area contributed by atoms with Gasteiger partial charge in [0.05, 0.1) is 5.69 Å². The van der Waals surface area contributed by atoms with Crippen LogP contribution in [0.4, 0.5) is 0 Å². The Kier molecular flexibility index (Phi) is 4.69. The minimum absolute atomic E-state index is 0.0282. The molecular weight excluding hydrogens is 424 g/mol. The first kappa shape index (κ1) is 20.2. The van der Waals surface area contributed by atoms with E-state index in [1.165, 1.54) is 0 Å². The Hall–Kier alpha value is -4.39. The van der Waals surface area contributed by atoms with Crippen LogP contribution in [0.3, 0.4) is 0 Å². The average Bonchev–Trinajstić information content (AvgIpc) is 3.26. The second kappa shape index (κ2) is 7.88. The molecule has 1 aliphatic rings. The normalized spacial score (nSPS) is 13.4. The van der Waals surface area contributed by atoms with Gasteiger partial charge in [-0.2, -0.15) is 10.2 Å². The summed E-state index contributed by atoms with van der Waals surface area (Å²) in [6.45, 7) is 3.46. The molecular formula is C27H22N6O. The maximum Gasteiger partial charge on any atom is 0.270 e. The number of carbonyl (C=O) groups excluding carboxylic acids is 1. The van der Waals surface area contributed by atoms with E-state index in [9.17, 15) is 4.79 Å². The summed E-state index contributed by atoms with van der Waals surface area (Å²) in [6.07, 6.45) is 7.24. The van der Waals surface area contributed by atoms with Crippen molar-refractivity contribution >= 4 is 16.9 Å². The van der Waals surface area contributed by atoms with E-state index >= 15 is 0 Å². The molecule has 0 saturated heterocycles. The molecule has 5 heterocycles. The van der Waals surface area contributed by atoms with Crippen LogP contribution in [0.25, 0.3) is 44.5 Å². The lowest BCUT2D eigenvalue weighted by Crippen LogP contribution is -2.36. The van der Waals surface area contributed by atoms with Gasteiger partial charge in [-0.05, 0) is 47.9 Å². The van der Waals surface area contributed by atoms with Crippen LogP contribution >= 0.6 is 0 Å². The lowest BCUT2D eigenvalue weighted by atomic mass is 9.99. The highest BCUT2D eigenvalue weighted by Crippen LogP contribution is 2.33. The molecule has 0 bridgehead atoms. The van der Waals surface area contributed by atoms with Crippen molar-refractivity contribution in [2.75, 3.05) is 13.6 Å². The smallest absolute Gasteiger partial charge is 0.270 e. The average molecular weight is 447 g/mol. The summed E-state index contributed by atoms with van der Waals surface area (Å²) in [6, 6.07) is 16.3. The maximum atomic E-state index is 12.7. The fourth-order valence-electron chi connectivity index (χ4n) is 4.60. The van der Waals surface area contributed by atoms with Crippen molar-refractivity contribution in [2.45, 2.75) is 13.5 Å². The molecule has 1 aliphatic heterocycles. The molecule has 4 aromatic heterocycles. The van der Waals surface area contributed by atoms with Gasteiger partial charge in [-0.3, -0.25) is 9.78 Å². The van der Waals surface area contributed by atoms with Gasteiger partial charge >= 0.3 is 0 Å². The highest BCUT2D eigenvalue weighted by molar-refractivity contribution is 6.03. The highest BCUT2D eigenvalue weighted by Gasteiger charge is 2.25. The molecule has 1 aromatic carbocycles. The van der Waals surface area contributed by atoms with Gasteiger partial charge in [0.15, 0.2) is 0 Å². The SMILES string of the molecule is Cc1ccnnc1-c1ccc(-c2cncc(-c3ccnc4c3cc3n4CCN(C)C3=O)c2)cc1. The standard InChI is InChI=1S/C27H22N6O/c1-17-7-10-30-31-25(17)19-5-3-18(4-6-19)20-13-21(16-28-15-20)22-8-9-29-26-23(22)14-24-27(34)32(2)11-12-33(24)26/h3-10,13-16H,11-12H2,1-2H3. The Morgan fingerprint density at radius 2 is 1.65 bits per heavy atom. The second-order valence-corrected chi connectivity index (χ2v) is 8.61. The maximum absolute atomic E-state index is 12.7. The first-order valence-corrected chi connectivity index (χ1v) is 11.2. The van der Waals surface area contributed by atoms with E-state index in [0.29, 0.717) is 12.2 Å². The van der Waals surface area contributed by atoms with Crippen molar-refractivity contribution < 1.29 is 4.79 Å². The molecule has 166 valence electrons. The molecule has 0 aliphatic carbocycles. The number of hydrogen-bond donors (Lipinski definition) is 0. The largest absolute Gasteiger partial charge is 0.339 e. The summed E-state index contributed by atoms with van der Waals surface area (Å²) in [4.78, 5) is 23.5. The highest BCUT2D eigenvalue weighted by atomic mass is 16.2. The zero-order valence-corrected chi connectivity index (χ0v) is 18.9. The molecule has 0 fully saturated rings. The summed E-state index contributed by atoms with van der Waals surface area (Å²) in [7, 11) is 1.84. The number of pyridine rings is 2. The Labute approximate surface area is 196 Å².